The van der Waals surface area contributed by atoms with E-state index in [1.165, 1.54) is 18.2 Å². The van der Waals surface area contributed by atoms with Gasteiger partial charge in [0.1, 0.15) is 6.61 Å². The number of tetrazole rings is 1. The van der Waals surface area contributed by atoms with Crippen LogP contribution in [-0.4, -0.2) is 26.1 Å². The van der Waals surface area contributed by atoms with Crippen LogP contribution in [-0.2, 0) is 16.2 Å². The molecule has 22 heavy (non-hydrogen) atoms. The maximum absolute atomic E-state index is 13.1. The number of carbonyl (C=O) groups excluding carboxylic acids is 1. The number of halogens is 2. The first kappa shape index (κ1) is 15.8. The fourth-order valence-corrected chi connectivity index (χ4v) is 1.77. The molecule has 118 valence electrons. The lowest BCUT2D eigenvalue weighted by Gasteiger charge is -2.13. The molecule has 0 unspecified atom stereocenters. The largest absolute Gasteiger partial charge is 0.365 e. The van der Waals surface area contributed by atoms with Crippen molar-refractivity contribution in [1.29, 1.82) is 0 Å². The first-order chi connectivity index (χ1) is 10.5. The molecule has 0 fully saturated rings. The summed E-state index contributed by atoms with van der Waals surface area (Å²) >= 11 is 0. The van der Waals surface area contributed by atoms with Gasteiger partial charge in [0.05, 0.1) is 5.69 Å². The number of aromatic amines is 1. The lowest BCUT2D eigenvalue weighted by Crippen LogP contribution is -2.24. The minimum absolute atomic E-state index is 0.0323. The zero-order valence-corrected chi connectivity index (χ0v) is 11.5. The number of aromatic nitrogens is 4. The van der Waals surface area contributed by atoms with Crippen molar-refractivity contribution in [3.63, 3.8) is 0 Å². The second-order valence-electron chi connectivity index (χ2n) is 4.23. The van der Waals surface area contributed by atoms with E-state index in [9.17, 15) is 18.4 Å². The molecule has 0 aliphatic rings. The highest BCUT2D eigenvalue weighted by Gasteiger charge is 2.19. The van der Waals surface area contributed by atoms with Crippen molar-refractivity contribution >= 4 is 5.91 Å². The Morgan fingerprint density at radius 3 is 2.86 bits per heavy atom. The Balaban J connectivity index is 2.37. The predicted molar refractivity (Wildman–Crippen MR) is 70.2 cm³/mol. The van der Waals surface area contributed by atoms with E-state index in [-0.39, 0.29) is 29.8 Å². The Labute approximate surface area is 123 Å². The third-order valence-corrected chi connectivity index (χ3v) is 2.85. The van der Waals surface area contributed by atoms with Crippen LogP contribution >= 0.6 is 0 Å². The van der Waals surface area contributed by atoms with Gasteiger partial charge in [-0.15, -0.1) is 0 Å². The lowest BCUT2D eigenvalue weighted by molar-refractivity contribution is -0.134. The quantitative estimate of drug-likeness (QED) is 0.770. The molecule has 1 heterocycles. The summed E-state index contributed by atoms with van der Waals surface area (Å²) in [5.74, 6) is -0.394. The highest BCUT2D eigenvalue weighted by molar-refractivity contribution is 5.74. The van der Waals surface area contributed by atoms with Crippen LogP contribution in [0.1, 0.15) is 30.9 Å². The van der Waals surface area contributed by atoms with E-state index in [0.29, 0.717) is 0 Å². The molecule has 0 atom stereocenters. The summed E-state index contributed by atoms with van der Waals surface area (Å²) < 4.78 is 27.1. The molecule has 2 rings (SSSR count). The second-order valence-corrected chi connectivity index (χ2v) is 4.23. The summed E-state index contributed by atoms with van der Waals surface area (Å²) in [6.45, 7) is 1.27. The van der Waals surface area contributed by atoms with Crippen molar-refractivity contribution in [2.24, 2.45) is 0 Å². The van der Waals surface area contributed by atoms with E-state index in [1.54, 1.807) is 6.92 Å². The molecule has 0 spiro atoms. The number of nitrogens with zero attached hydrogens (tertiary/aromatic N) is 3. The molecule has 0 bridgehead atoms. The lowest BCUT2D eigenvalue weighted by atomic mass is 10.1. The number of hydroxylamine groups is 1. The number of H-pyrrole nitrogens is 1. The standard InChI is InChI=1S/C12H13F2N5O3/c1-2-10(20)16-22-6-8-7(11(13)14)4-3-5-9(8)19-12(21)15-17-18-19/h3-5,11H,2,6H2,1H3,(H,16,20)(H,15,18,21). The predicted octanol–water partition coefficient (Wildman–Crippen LogP) is 0.851. The van der Waals surface area contributed by atoms with E-state index in [1.807, 2.05) is 0 Å². The van der Waals surface area contributed by atoms with E-state index in [2.05, 4.69) is 21.0 Å². The molecule has 2 N–H and O–H groups in total. The second kappa shape index (κ2) is 6.89. The van der Waals surface area contributed by atoms with Gasteiger partial charge in [-0.3, -0.25) is 9.63 Å². The minimum Gasteiger partial charge on any atom is -0.273 e. The van der Waals surface area contributed by atoms with E-state index in [0.717, 1.165) is 4.68 Å². The van der Waals surface area contributed by atoms with Crippen molar-refractivity contribution in [3.8, 4) is 5.69 Å². The summed E-state index contributed by atoms with van der Waals surface area (Å²) in [6, 6.07) is 4.00. The van der Waals surface area contributed by atoms with E-state index in [4.69, 9.17) is 4.84 Å². The Morgan fingerprint density at radius 1 is 1.50 bits per heavy atom. The van der Waals surface area contributed by atoms with Gasteiger partial charge in [-0.2, -0.15) is 4.68 Å². The normalized spacial score (nSPS) is 10.9. The van der Waals surface area contributed by atoms with Gasteiger partial charge >= 0.3 is 5.69 Å². The number of benzene rings is 1. The fourth-order valence-electron chi connectivity index (χ4n) is 1.77. The molecular weight excluding hydrogens is 300 g/mol. The molecule has 8 nitrogen and oxygen atoms in total. The number of rotatable bonds is 6. The van der Waals surface area contributed by atoms with Gasteiger partial charge in [-0.1, -0.05) is 19.1 Å². The molecule has 1 amide bonds. The van der Waals surface area contributed by atoms with Gasteiger partial charge in [-0.05, 0) is 16.5 Å². The van der Waals surface area contributed by atoms with Crippen LogP contribution in [0.5, 0.6) is 0 Å². The van der Waals surface area contributed by atoms with Crippen molar-refractivity contribution in [2.75, 3.05) is 0 Å². The molecule has 0 aliphatic carbocycles. The average molecular weight is 313 g/mol. The Hall–Kier alpha value is -2.62. The molecule has 10 heteroatoms. The van der Waals surface area contributed by atoms with Gasteiger partial charge in [0.2, 0.25) is 5.91 Å². The van der Waals surface area contributed by atoms with Crippen LogP contribution in [0, 0.1) is 0 Å². The summed E-state index contributed by atoms with van der Waals surface area (Å²) in [7, 11) is 0. The average Bonchev–Trinajstić information content (AvgIpc) is 2.92. The zero-order chi connectivity index (χ0) is 16.1. The first-order valence-corrected chi connectivity index (χ1v) is 6.36. The maximum atomic E-state index is 13.1. The Kier molecular flexibility index (Phi) is 4.94. The summed E-state index contributed by atoms with van der Waals surface area (Å²) in [5.41, 5.74) is 1.25. The zero-order valence-electron chi connectivity index (χ0n) is 11.5. The molecule has 0 saturated carbocycles. The van der Waals surface area contributed by atoms with Crippen molar-refractivity contribution < 1.29 is 18.4 Å². The van der Waals surface area contributed by atoms with Crippen LogP contribution in [0.3, 0.4) is 0 Å². The minimum atomic E-state index is -2.77. The van der Waals surface area contributed by atoms with Crippen LogP contribution in [0.4, 0.5) is 8.78 Å². The van der Waals surface area contributed by atoms with Crippen LogP contribution in [0.15, 0.2) is 23.0 Å². The SMILES string of the molecule is CCC(=O)NOCc1c(C(F)F)cccc1-n1nn[nH]c1=O. The topological polar surface area (TPSA) is 102 Å². The van der Waals surface area contributed by atoms with Crippen LogP contribution in [0.2, 0.25) is 0 Å². The number of hydrogen-bond donors (Lipinski definition) is 2. The fraction of sp³-hybridized carbons (Fsp3) is 0.333. The molecular formula is C12H13F2N5O3. The maximum Gasteiger partial charge on any atom is 0.365 e. The summed E-state index contributed by atoms with van der Waals surface area (Å²) in [4.78, 5) is 27.6. The summed E-state index contributed by atoms with van der Waals surface area (Å²) in [5, 5.41) is 8.90. The molecule has 0 saturated heterocycles. The smallest absolute Gasteiger partial charge is 0.273 e. The van der Waals surface area contributed by atoms with E-state index < -0.39 is 18.0 Å². The third kappa shape index (κ3) is 3.34. The Morgan fingerprint density at radius 2 is 2.27 bits per heavy atom. The number of nitrogens with one attached hydrogen (secondary N) is 2. The van der Waals surface area contributed by atoms with Gasteiger partial charge < -0.3 is 0 Å². The van der Waals surface area contributed by atoms with Gasteiger partial charge in [0.25, 0.3) is 6.43 Å². The van der Waals surface area contributed by atoms with Crippen molar-refractivity contribution in [3.05, 3.63) is 39.8 Å². The van der Waals surface area contributed by atoms with Gasteiger partial charge in [0.15, 0.2) is 0 Å². The third-order valence-electron chi connectivity index (χ3n) is 2.85. The first-order valence-electron chi connectivity index (χ1n) is 6.36. The number of hydrogen-bond acceptors (Lipinski definition) is 5. The monoisotopic (exact) mass is 313 g/mol. The molecule has 0 radical (unpaired) electrons. The molecule has 2 aromatic rings. The number of carbonyl (C=O) groups is 1. The van der Waals surface area contributed by atoms with Gasteiger partial charge in [0, 0.05) is 17.5 Å². The van der Waals surface area contributed by atoms with Crippen molar-refractivity contribution in [1.82, 2.24) is 25.7 Å². The number of alkyl halides is 2. The molecule has 1 aromatic heterocycles. The Bertz CT molecular complexity index is 713. The van der Waals surface area contributed by atoms with Crippen LogP contribution in [0.25, 0.3) is 5.69 Å². The van der Waals surface area contributed by atoms with Crippen molar-refractivity contribution in [2.45, 2.75) is 26.4 Å². The molecule has 0 aliphatic heterocycles. The van der Waals surface area contributed by atoms with Crippen LogP contribution < -0.4 is 11.2 Å². The number of amides is 1. The highest BCUT2D eigenvalue weighted by Crippen LogP contribution is 2.27. The van der Waals surface area contributed by atoms with Gasteiger partial charge in [-0.25, -0.2) is 24.2 Å². The van der Waals surface area contributed by atoms with E-state index >= 15 is 0 Å². The molecule has 1 aromatic carbocycles. The summed E-state index contributed by atoms with van der Waals surface area (Å²) in [6.07, 6.45) is -2.59. The highest BCUT2D eigenvalue weighted by atomic mass is 19.3.